The summed E-state index contributed by atoms with van der Waals surface area (Å²) in [4.78, 5) is 22.2. The van der Waals surface area contributed by atoms with Gasteiger partial charge in [-0.1, -0.05) is 24.3 Å². The quantitative estimate of drug-likeness (QED) is 0.876. The van der Waals surface area contributed by atoms with E-state index >= 15 is 0 Å². The predicted octanol–water partition coefficient (Wildman–Crippen LogP) is 3.58. The first-order valence-electron chi connectivity index (χ1n) is 7.05. The zero-order chi connectivity index (χ0) is 17.7. The Balaban J connectivity index is 2.06. The highest BCUT2D eigenvalue weighted by atomic mass is 19.4. The minimum atomic E-state index is -4.38. The number of carbonyl (C=O) groups is 2. The maximum Gasteiger partial charge on any atom is 0.416 e. The Morgan fingerprint density at radius 1 is 0.917 bits per heavy atom. The fourth-order valence-corrected chi connectivity index (χ4v) is 2.05. The number of carbonyl (C=O) groups excluding carboxylic acids is 1. The Hall–Kier alpha value is -2.83. The fraction of sp³-hybridized carbons (Fsp3) is 0.176. The van der Waals surface area contributed by atoms with Crippen LogP contribution in [0.5, 0.6) is 0 Å². The number of hydrogen-bond acceptors (Lipinski definition) is 2. The van der Waals surface area contributed by atoms with Gasteiger partial charge in [-0.15, -0.1) is 0 Å². The minimum Gasteiger partial charge on any atom is -0.481 e. The zero-order valence-corrected chi connectivity index (χ0v) is 12.4. The average Bonchev–Trinajstić information content (AvgIpc) is 2.54. The zero-order valence-electron chi connectivity index (χ0n) is 12.4. The van der Waals surface area contributed by atoms with Crippen LogP contribution in [0.15, 0.2) is 48.5 Å². The van der Waals surface area contributed by atoms with Gasteiger partial charge in [0.25, 0.3) is 5.91 Å². The molecule has 2 aromatic carbocycles. The highest BCUT2D eigenvalue weighted by molar-refractivity contribution is 5.94. The summed E-state index contributed by atoms with van der Waals surface area (Å²) in [5.41, 5.74) is 0.892. The summed E-state index contributed by atoms with van der Waals surface area (Å²) < 4.78 is 37.6. The molecule has 0 saturated carbocycles. The van der Waals surface area contributed by atoms with E-state index in [1.807, 2.05) is 0 Å². The van der Waals surface area contributed by atoms with Crippen molar-refractivity contribution in [2.45, 2.75) is 12.6 Å². The Kier molecular flexibility index (Phi) is 5.23. The van der Waals surface area contributed by atoms with Crippen LogP contribution < -0.4 is 5.32 Å². The Morgan fingerprint density at radius 3 is 1.88 bits per heavy atom. The number of rotatable bonds is 5. The van der Waals surface area contributed by atoms with Crippen molar-refractivity contribution in [1.29, 1.82) is 0 Å². The molecule has 4 nitrogen and oxygen atoms in total. The van der Waals surface area contributed by atoms with Crippen LogP contribution in [-0.4, -0.2) is 23.5 Å². The van der Waals surface area contributed by atoms with E-state index < -0.39 is 23.6 Å². The van der Waals surface area contributed by atoms with E-state index in [9.17, 15) is 22.8 Å². The van der Waals surface area contributed by atoms with Gasteiger partial charge in [0.1, 0.15) is 0 Å². The first-order valence-corrected chi connectivity index (χ1v) is 7.05. The standard InChI is InChI=1S/C17H14F3NO3/c18-17(19,20)14-7-5-12(6-8-14)11-1-3-13(4-2-11)16(24)21-10-9-15(22)23/h1-8H,9-10H2,(H,21,24)(H,22,23). The van der Waals surface area contributed by atoms with Gasteiger partial charge in [-0.25, -0.2) is 0 Å². The summed E-state index contributed by atoms with van der Waals surface area (Å²) in [6.07, 6.45) is -4.55. The lowest BCUT2D eigenvalue weighted by Gasteiger charge is -2.08. The number of aliphatic carboxylic acids is 1. The lowest BCUT2D eigenvalue weighted by atomic mass is 10.0. The van der Waals surface area contributed by atoms with E-state index in [1.54, 1.807) is 12.1 Å². The lowest BCUT2D eigenvalue weighted by molar-refractivity contribution is -0.138. The second-order valence-electron chi connectivity index (χ2n) is 5.05. The van der Waals surface area contributed by atoms with Gasteiger partial charge in [-0.05, 0) is 35.4 Å². The van der Waals surface area contributed by atoms with Crippen LogP contribution in [0.2, 0.25) is 0 Å². The second kappa shape index (κ2) is 7.16. The van der Waals surface area contributed by atoms with Crippen LogP contribution in [-0.2, 0) is 11.0 Å². The number of benzene rings is 2. The summed E-state index contributed by atoms with van der Waals surface area (Å²) in [6.45, 7) is 0.0226. The summed E-state index contributed by atoms with van der Waals surface area (Å²) in [7, 11) is 0. The van der Waals surface area contributed by atoms with Crippen molar-refractivity contribution in [3.8, 4) is 11.1 Å². The van der Waals surface area contributed by atoms with Crippen molar-refractivity contribution in [3.63, 3.8) is 0 Å². The molecule has 0 fully saturated rings. The molecule has 0 aliphatic rings. The molecule has 0 spiro atoms. The molecule has 2 N–H and O–H groups in total. The van der Waals surface area contributed by atoms with Gasteiger partial charge < -0.3 is 10.4 Å². The average molecular weight is 337 g/mol. The third-order valence-electron chi connectivity index (χ3n) is 3.32. The summed E-state index contributed by atoms with van der Waals surface area (Å²) in [6, 6.07) is 11.0. The molecule has 0 heterocycles. The van der Waals surface area contributed by atoms with Crippen molar-refractivity contribution in [1.82, 2.24) is 5.32 Å². The highest BCUT2D eigenvalue weighted by Crippen LogP contribution is 2.31. The van der Waals surface area contributed by atoms with Gasteiger partial charge in [0.2, 0.25) is 0 Å². The molecule has 0 radical (unpaired) electrons. The van der Waals surface area contributed by atoms with Gasteiger partial charge in [-0.2, -0.15) is 13.2 Å². The van der Waals surface area contributed by atoms with Gasteiger partial charge in [0.05, 0.1) is 12.0 Å². The van der Waals surface area contributed by atoms with Crippen LogP contribution in [0, 0.1) is 0 Å². The molecule has 1 amide bonds. The van der Waals surface area contributed by atoms with E-state index in [0.717, 1.165) is 12.1 Å². The molecule has 7 heteroatoms. The van der Waals surface area contributed by atoms with Crippen LogP contribution >= 0.6 is 0 Å². The molecule has 0 aliphatic heterocycles. The molecular weight excluding hydrogens is 323 g/mol. The molecule has 0 unspecified atom stereocenters. The second-order valence-corrected chi connectivity index (χ2v) is 5.05. The van der Waals surface area contributed by atoms with Crippen molar-refractivity contribution >= 4 is 11.9 Å². The van der Waals surface area contributed by atoms with E-state index in [-0.39, 0.29) is 13.0 Å². The molecule has 0 saturated heterocycles. The molecule has 0 aromatic heterocycles. The first-order chi connectivity index (χ1) is 11.3. The smallest absolute Gasteiger partial charge is 0.416 e. The molecular formula is C17H14F3NO3. The summed E-state index contributed by atoms with van der Waals surface area (Å²) in [5.74, 6) is -1.41. The molecule has 2 rings (SSSR count). The molecule has 126 valence electrons. The topological polar surface area (TPSA) is 66.4 Å². The molecule has 0 atom stereocenters. The molecule has 2 aromatic rings. The van der Waals surface area contributed by atoms with Crippen LogP contribution in [0.4, 0.5) is 13.2 Å². The Labute approximate surface area is 135 Å². The number of nitrogens with one attached hydrogen (secondary N) is 1. The van der Waals surface area contributed by atoms with Crippen LogP contribution in [0.3, 0.4) is 0 Å². The predicted molar refractivity (Wildman–Crippen MR) is 81.5 cm³/mol. The molecule has 24 heavy (non-hydrogen) atoms. The van der Waals surface area contributed by atoms with Crippen molar-refractivity contribution in [2.24, 2.45) is 0 Å². The van der Waals surface area contributed by atoms with Crippen molar-refractivity contribution in [2.75, 3.05) is 6.54 Å². The number of carboxylic acid groups (broad SMARTS) is 1. The van der Waals surface area contributed by atoms with Crippen LogP contribution in [0.1, 0.15) is 22.3 Å². The number of carboxylic acids is 1. The Morgan fingerprint density at radius 2 is 1.42 bits per heavy atom. The van der Waals surface area contributed by atoms with Gasteiger partial charge in [0.15, 0.2) is 0 Å². The normalized spacial score (nSPS) is 11.1. The van der Waals surface area contributed by atoms with Gasteiger partial charge in [0, 0.05) is 12.1 Å². The van der Waals surface area contributed by atoms with Gasteiger partial charge >= 0.3 is 12.1 Å². The van der Waals surface area contributed by atoms with E-state index in [2.05, 4.69) is 5.32 Å². The van der Waals surface area contributed by atoms with Crippen molar-refractivity contribution in [3.05, 3.63) is 59.7 Å². The van der Waals surface area contributed by atoms with Gasteiger partial charge in [-0.3, -0.25) is 9.59 Å². The molecule has 0 bridgehead atoms. The third kappa shape index (κ3) is 4.58. The highest BCUT2D eigenvalue weighted by Gasteiger charge is 2.29. The molecule has 0 aliphatic carbocycles. The number of alkyl halides is 3. The number of hydrogen-bond donors (Lipinski definition) is 2. The Bertz CT molecular complexity index is 722. The van der Waals surface area contributed by atoms with E-state index in [1.165, 1.54) is 24.3 Å². The maximum absolute atomic E-state index is 12.5. The summed E-state index contributed by atoms with van der Waals surface area (Å²) in [5, 5.41) is 11.0. The van der Waals surface area contributed by atoms with Crippen LogP contribution in [0.25, 0.3) is 11.1 Å². The maximum atomic E-state index is 12.5. The SMILES string of the molecule is O=C(O)CCNC(=O)c1ccc(-c2ccc(C(F)(F)F)cc2)cc1. The monoisotopic (exact) mass is 337 g/mol. The lowest BCUT2D eigenvalue weighted by Crippen LogP contribution is -2.25. The number of halogens is 3. The number of amides is 1. The first kappa shape index (κ1) is 17.5. The largest absolute Gasteiger partial charge is 0.481 e. The fourth-order valence-electron chi connectivity index (χ4n) is 2.05. The van der Waals surface area contributed by atoms with Crippen molar-refractivity contribution < 1.29 is 27.9 Å². The summed E-state index contributed by atoms with van der Waals surface area (Å²) >= 11 is 0. The minimum absolute atomic E-state index is 0.0226. The third-order valence-corrected chi connectivity index (χ3v) is 3.32. The van der Waals surface area contributed by atoms with E-state index in [4.69, 9.17) is 5.11 Å². The van der Waals surface area contributed by atoms with E-state index in [0.29, 0.717) is 16.7 Å².